The Balaban J connectivity index is 2.04. The van der Waals surface area contributed by atoms with Crippen molar-refractivity contribution in [2.24, 2.45) is 0 Å². The molecule has 7 heteroatoms. The molecule has 0 aliphatic carbocycles. The molecule has 116 valence electrons. The van der Waals surface area contributed by atoms with Gasteiger partial charge in [0.15, 0.2) is 6.61 Å². The Hall–Kier alpha value is -2.28. The quantitative estimate of drug-likeness (QED) is 0.627. The third-order valence-corrected chi connectivity index (χ3v) is 3.37. The first-order chi connectivity index (χ1) is 10.5. The van der Waals surface area contributed by atoms with Gasteiger partial charge in [-0.2, -0.15) is 0 Å². The molecule has 0 radical (unpaired) electrons. The first-order valence-electron chi connectivity index (χ1n) is 6.31. The van der Waals surface area contributed by atoms with E-state index in [0.717, 1.165) is 4.47 Å². The van der Waals surface area contributed by atoms with Crippen molar-refractivity contribution in [1.29, 1.82) is 0 Å². The van der Waals surface area contributed by atoms with Crippen molar-refractivity contribution in [1.82, 2.24) is 4.98 Å². The smallest absolute Gasteiger partial charge is 0.355 e. The van der Waals surface area contributed by atoms with Crippen molar-refractivity contribution in [3.05, 3.63) is 46.2 Å². The summed E-state index contributed by atoms with van der Waals surface area (Å²) in [5.74, 6) is -0.0327. The van der Waals surface area contributed by atoms with Crippen LogP contribution in [0.1, 0.15) is 20.8 Å². The van der Waals surface area contributed by atoms with Crippen molar-refractivity contribution < 1.29 is 23.8 Å². The Bertz CT molecular complexity index is 695. The number of nitrogens with one attached hydrogen (secondary N) is 1. The van der Waals surface area contributed by atoms with E-state index in [9.17, 15) is 9.59 Å². The summed E-state index contributed by atoms with van der Waals surface area (Å²) in [5.41, 5.74) is 0.588. The molecule has 2 aromatic rings. The van der Waals surface area contributed by atoms with Crippen LogP contribution in [0.15, 0.2) is 34.9 Å². The second-order valence-corrected chi connectivity index (χ2v) is 5.21. The van der Waals surface area contributed by atoms with Crippen LogP contribution in [0, 0.1) is 0 Å². The van der Waals surface area contributed by atoms with Crippen LogP contribution in [0.2, 0.25) is 0 Å². The number of aromatic amines is 1. The minimum atomic E-state index is -0.605. The van der Waals surface area contributed by atoms with E-state index in [1.165, 1.54) is 14.2 Å². The summed E-state index contributed by atoms with van der Waals surface area (Å²) in [7, 11) is 2.97. The normalized spacial score (nSPS) is 10.1. The average molecular weight is 368 g/mol. The maximum absolute atomic E-state index is 12.1. The van der Waals surface area contributed by atoms with Gasteiger partial charge in [0.2, 0.25) is 5.78 Å². The summed E-state index contributed by atoms with van der Waals surface area (Å²) in [6.45, 7) is -0.377. The predicted octanol–water partition coefficient (Wildman–Crippen LogP) is 2.83. The number of Topliss-reactive ketones (excluding diaryl/α,β-unsaturated/α-hetero) is 1. The first-order valence-corrected chi connectivity index (χ1v) is 7.10. The molecular weight excluding hydrogens is 354 g/mol. The van der Waals surface area contributed by atoms with E-state index in [1.54, 1.807) is 30.5 Å². The number of aromatic nitrogens is 1. The second kappa shape index (κ2) is 7.13. The summed E-state index contributed by atoms with van der Waals surface area (Å²) in [5, 5.41) is 0. The lowest BCUT2D eigenvalue weighted by Crippen LogP contribution is -2.15. The van der Waals surface area contributed by atoms with Crippen LogP contribution in [0.25, 0.3) is 0 Å². The number of rotatable bonds is 6. The van der Waals surface area contributed by atoms with Gasteiger partial charge in [-0.3, -0.25) is 4.79 Å². The highest BCUT2D eigenvalue weighted by molar-refractivity contribution is 9.10. The van der Waals surface area contributed by atoms with E-state index < -0.39 is 5.97 Å². The third kappa shape index (κ3) is 3.67. The molecule has 1 N–H and O–H groups in total. The van der Waals surface area contributed by atoms with Crippen LogP contribution in [0.3, 0.4) is 0 Å². The fourth-order valence-corrected chi connectivity index (χ4v) is 2.14. The molecule has 0 spiro atoms. The maximum Gasteiger partial charge on any atom is 0.355 e. The van der Waals surface area contributed by atoms with Gasteiger partial charge >= 0.3 is 5.97 Å². The van der Waals surface area contributed by atoms with E-state index >= 15 is 0 Å². The van der Waals surface area contributed by atoms with E-state index in [0.29, 0.717) is 17.1 Å². The molecule has 0 unspecified atom stereocenters. The predicted molar refractivity (Wildman–Crippen MR) is 82.7 cm³/mol. The number of ketones is 1. The van der Waals surface area contributed by atoms with Gasteiger partial charge in [0.1, 0.15) is 17.2 Å². The molecule has 0 amide bonds. The van der Waals surface area contributed by atoms with Crippen molar-refractivity contribution in [2.45, 2.75) is 0 Å². The van der Waals surface area contributed by atoms with Gasteiger partial charge in [0.25, 0.3) is 0 Å². The lowest BCUT2D eigenvalue weighted by molar-refractivity contribution is 0.0468. The zero-order valence-electron chi connectivity index (χ0n) is 12.0. The van der Waals surface area contributed by atoms with Crippen molar-refractivity contribution >= 4 is 27.7 Å². The number of ether oxygens (including phenoxy) is 3. The number of carbonyl (C=O) groups is 2. The van der Waals surface area contributed by atoms with Gasteiger partial charge in [0, 0.05) is 16.7 Å². The number of methoxy groups -OCH3 is 2. The summed E-state index contributed by atoms with van der Waals surface area (Å²) in [4.78, 5) is 26.7. The van der Waals surface area contributed by atoms with Gasteiger partial charge in [-0.05, 0) is 34.1 Å². The number of halogens is 1. The third-order valence-electron chi connectivity index (χ3n) is 2.91. The largest absolute Gasteiger partial charge is 0.497 e. The fraction of sp³-hybridized carbons (Fsp3) is 0.200. The molecule has 1 heterocycles. The number of H-pyrrole nitrogens is 1. The maximum atomic E-state index is 12.1. The lowest BCUT2D eigenvalue weighted by atomic mass is 10.1. The van der Waals surface area contributed by atoms with Crippen LogP contribution < -0.4 is 9.47 Å². The van der Waals surface area contributed by atoms with E-state index in [-0.39, 0.29) is 18.1 Å². The van der Waals surface area contributed by atoms with Gasteiger partial charge in [-0.15, -0.1) is 0 Å². The molecule has 0 atom stereocenters. The molecule has 1 aromatic heterocycles. The SMILES string of the molecule is COc1ccc(C(=O)COC(=O)c2cc(Br)c[nH]2)c(OC)c1. The molecule has 0 bridgehead atoms. The van der Waals surface area contributed by atoms with Gasteiger partial charge in [0.05, 0.1) is 19.8 Å². The highest BCUT2D eigenvalue weighted by Gasteiger charge is 2.17. The molecule has 1 aromatic carbocycles. The Morgan fingerprint density at radius 2 is 1.95 bits per heavy atom. The summed E-state index contributed by atoms with van der Waals surface area (Å²) in [6, 6.07) is 6.37. The monoisotopic (exact) mass is 367 g/mol. The lowest BCUT2D eigenvalue weighted by Gasteiger charge is -2.09. The van der Waals surface area contributed by atoms with E-state index in [4.69, 9.17) is 14.2 Å². The summed E-state index contributed by atoms with van der Waals surface area (Å²) >= 11 is 3.22. The topological polar surface area (TPSA) is 77.6 Å². The molecule has 0 saturated carbocycles. The van der Waals surface area contributed by atoms with E-state index in [2.05, 4.69) is 20.9 Å². The van der Waals surface area contributed by atoms with Gasteiger partial charge in [-0.1, -0.05) is 0 Å². The number of carbonyl (C=O) groups excluding carboxylic acids is 2. The highest BCUT2D eigenvalue weighted by Crippen LogP contribution is 2.25. The number of esters is 1. The standard InChI is InChI=1S/C15H14BrNO5/c1-20-10-3-4-11(14(6-10)21-2)13(18)8-22-15(19)12-5-9(16)7-17-12/h3-7,17H,8H2,1-2H3. The Morgan fingerprint density at radius 1 is 1.18 bits per heavy atom. The van der Waals surface area contributed by atoms with Gasteiger partial charge < -0.3 is 19.2 Å². The zero-order valence-corrected chi connectivity index (χ0v) is 13.6. The second-order valence-electron chi connectivity index (χ2n) is 4.30. The van der Waals surface area contributed by atoms with Crippen molar-refractivity contribution in [3.8, 4) is 11.5 Å². The zero-order chi connectivity index (χ0) is 16.1. The van der Waals surface area contributed by atoms with Crippen LogP contribution in [-0.4, -0.2) is 37.6 Å². The molecular formula is C15H14BrNO5. The van der Waals surface area contributed by atoms with E-state index in [1.807, 2.05) is 0 Å². The first kappa shape index (κ1) is 16.1. The molecule has 22 heavy (non-hydrogen) atoms. The number of benzene rings is 1. The average Bonchev–Trinajstić information content (AvgIpc) is 2.98. The summed E-state index contributed by atoms with van der Waals surface area (Å²) < 4.78 is 15.9. The molecule has 0 aliphatic rings. The van der Waals surface area contributed by atoms with Crippen molar-refractivity contribution in [3.63, 3.8) is 0 Å². The van der Waals surface area contributed by atoms with Crippen LogP contribution >= 0.6 is 15.9 Å². The minimum absolute atomic E-state index is 0.265. The Kier molecular flexibility index (Phi) is 5.21. The minimum Gasteiger partial charge on any atom is -0.497 e. The number of hydrogen-bond acceptors (Lipinski definition) is 5. The molecule has 0 saturated heterocycles. The molecule has 0 aliphatic heterocycles. The number of hydrogen-bond donors (Lipinski definition) is 1. The van der Waals surface area contributed by atoms with Crippen LogP contribution in [-0.2, 0) is 4.74 Å². The highest BCUT2D eigenvalue weighted by atomic mass is 79.9. The van der Waals surface area contributed by atoms with Crippen LogP contribution in [0.5, 0.6) is 11.5 Å². The molecule has 6 nitrogen and oxygen atoms in total. The van der Waals surface area contributed by atoms with Crippen molar-refractivity contribution in [2.75, 3.05) is 20.8 Å². The summed E-state index contributed by atoms with van der Waals surface area (Å²) in [6.07, 6.45) is 1.60. The molecule has 0 fully saturated rings. The fourth-order valence-electron chi connectivity index (χ4n) is 1.80. The van der Waals surface area contributed by atoms with Gasteiger partial charge in [-0.25, -0.2) is 4.79 Å². The Labute approximate surface area is 135 Å². The Morgan fingerprint density at radius 3 is 2.55 bits per heavy atom. The van der Waals surface area contributed by atoms with Crippen LogP contribution in [0.4, 0.5) is 0 Å². The molecule has 2 rings (SSSR count).